The van der Waals surface area contributed by atoms with Gasteiger partial charge in [-0.25, -0.2) is 0 Å². The van der Waals surface area contributed by atoms with Crippen molar-refractivity contribution in [2.75, 3.05) is 19.6 Å². The Balaban J connectivity index is 1.96. The molecule has 1 fully saturated rings. The summed E-state index contributed by atoms with van der Waals surface area (Å²) in [6, 6.07) is 3.94. The number of hydrogen-bond acceptors (Lipinski definition) is 3. The van der Waals surface area contributed by atoms with Crippen molar-refractivity contribution >= 4 is 17.1 Å². The summed E-state index contributed by atoms with van der Waals surface area (Å²) in [5, 5.41) is 0. The van der Waals surface area contributed by atoms with Crippen LogP contribution in [0.25, 0.3) is 0 Å². The SMILES string of the molecule is Cc1ccc(C(=O)CN2CCC2)s1. The fourth-order valence-electron chi connectivity index (χ4n) is 1.41. The Morgan fingerprint density at radius 1 is 1.54 bits per heavy atom. The molecule has 1 aliphatic heterocycles. The molecular formula is C10H13NOS. The third kappa shape index (κ3) is 1.98. The maximum absolute atomic E-state index is 11.6. The van der Waals surface area contributed by atoms with Crippen molar-refractivity contribution in [3.05, 3.63) is 21.9 Å². The van der Waals surface area contributed by atoms with E-state index in [4.69, 9.17) is 0 Å². The second-order valence-electron chi connectivity index (χ2n) is 3.46. The van der Waals surface area contributed by atoms with Gasteiger partial charge in [0.15, 0.2) is 5.78 Å². The molecule has 0 aromatic carbocycles. The largest absolute Gasteiger partial charge is 0.296 e. The maximum Gasteiger partial charge on any atom is 0.186 e. The molecule has 1 aromatic rings. The Bertz CT molecular complexity index is 314. The van der Waals surface area contributed by atoms with E-state index in [1.807, 2.05) is 19.1 Å². The van der Waals surface area contributed by atoms with Gasteiger partial charge in [-0.1, -0.05) is 0 Å². The lowest BCUT2D eigenvalue weighted by molar-refractivity contribution is 0.0879. The summed E-state index contributed by atoms with van der Waals surface area (Å²) in [5.74, 6) is 0.276. The second kappa shape index (κ2) is 3.60. The molecule has 1 aromatic heterocycles. The van der Waals surface area contributed by atoms with Crippen LogP contribution in [0.3, 0.4) is 0 Å². The van der Waals surface area contributed by atoms with Gasteiger partial charge < -0.3 is 0 Å². The van der Waals surface area contributed by atoms with E-state index < -0.39 is 0 Å². The van der Waals surface area contributed by atoms with Gasteiger partial charge in [-0.2, -0.15) is 0 Å². The summed E-state index contributed by atoms with van der Waals surface area (Å²) in [6.07, 6.45) is 1.25. The maximum atomic E-state index is 11.6. The molecule has 2 nitrogen and oxygen atoms in total. The molecule has 1 saturated heterocycles. The third-order valence-corrected chi connectivity index (χ3v) is 3.37. The van der Waals surface area contributed by atoms with E-state index in [9.17, 15) is 4.79 Å². The highest BCUT2D eigenvalue weighted by Crippen LogP contribution is 2.17. The van der Waals surface area contributed by atoms with Crippen LogP contribution in [0.5, 0.6) is 0 Å². The standard InChI is InChI=1S/C10H13NOS/c1-8-3-4-10(13-8)9(12)7-11-5-2-6-11/h3-4H,2,5-7H2,1H3. The van der Waals surface area contributed by atoms with E-state index in [2.05, 4.69) is 4.90 Å². The second-order valence-corrected chi connectivity index (χ2v) is 4.75. The lowest BCUT2D eigenvalue weighted by Crippen LogP contribution is -2.40. The third-order valence-electron chi connectivity index (χ3n) is 2.33. The normalized spacial score (nSPS) is 17.0. The molecule has 0 spiro atoms. The molecule has 0 N–H and O–H groups in total. The van der Waals surface area contributed by atoms with Crippen molar-refractivity contribution in [1.82, 2.24) is 4.90 Å². The Kier molecular flexibility index (Phi) is 2.47. The van der Waals surface area contributed by atoms with Crippen molar-refractivity contribution in [2.24, 2.45) is 0 Å². The minimum absolute atomic E-state index is 0.276. The average molecular weight is 195 g/mol. The van der Waals surface area contributed by atoms with Crippen LogP contribution < -0.4 is 0 Å². The molecule has 0 saturated carbocycles. The molecule has 0 radical (unpaired) electrons. The lowest BCUT2D eigenvalue weighted by atomic mass is 10.2. The van der Waals surface area contributed by atoms with Crippen molar-refractivity contribution in [1.29, 1.82) is 0 Å². The lowest BCUT2D eigenvalue weighted by Gasteiger charge is -2.29. The van der Waals surface area contributed by atoms with Gasteiger partial charge in [0.05, 0.1) is 11.4 Å². The number of aryl methyl sites for hydroxylation is 1. The first kappa shape index (κ1) is 8.91. The predicted molar refractivity (Wildman–Crippen MR) is 54.4 cm³/mol. The van der Waals surface area contributed by atoms with Gasteiger partial charge in [-0.05, 0) is 38.6 Å². The predicted octanol–water partition coefficient (Wildman–Crippen LogP) is 1.94. The van der Waals surface area contributed by atoms with Crippen LogP contribution in [0.4, 0.5) is 0 Å². The molecule has 0 amide bonds. The van der Waals surface area contributed by atoms with E-state index in [-0.39, 0.29) is 5.78 Å². The summed E-state index contributed by atoms with van der Waals surface area (Å²) in [6.45, 7) is 4.83. The van der Waals surface area contributed by atoms with Crippen LogP contribution in [0.15, 0.2) is 12.1 Å². The summed E-state index contributed by atoms with van der Waals surface area (Å²) >= 11 is 1.60. The van der Waals surface area contributed by atoms with Crippen molar-refractivity contribution in [2.45, 2.75) is 13.3 Å². The molecule has 0 atom stereocenters. The number of nitrogens with zero attached hydrogens (tertiary/aromatic N) is 1. The van der Waals surface area contributed by atoms with E-state index >= 15 is 0 Å². The van der Waals surface area contributed by atoms with E-state index in [1.165, 1.54) is 11.3 Å². The molecule has 70 valence electrons. The van der Waals surface area contributed by atoms with Crippen LogP contribution in [-0.2, 0) is 0 Å². The number of Topliss-reactive ketones (excluding diaryl/α,β-unsaturated/α-hetero) is 1. The zero-order chi connectivity index (χ0) is 9.26. The van der Waals surface area contributed by atoms with Gasteiger partial charge in [-0.15, -0.1) is 11.3 Å². The number of hydrogen-bond donors (Lipinski definition) is 0. The monoisotopic (exact) mass is 195 g/mol. The zero-order valence-corrected chi connectivity index (χ0v) is 8.56. The minimum atomic E-state index is 0.276. The first-order chi connectivity index (χ1) is 6.25. The first-order valence-corrected chi connectivity index (χ1v) is 5.39. The average Bonchev–Trinajstić information content (AvgIpc) is 2.44. The van der Waals surface area contributed by atoms with E-state index in [1.54, 1.807) is 11.3 Å². The van der Waals surface area contributed by atoms with E-state index in [0.29, 0.717) is 6.54 Å². The van der Waals surface area contributed by atoms with Crippen LogP contribution >= 0.6 is 11.3 Å². The molecular weight excluding hydrogens is 182 g/mol. The molecule has 0 aliphatic carbocycles. The highest BCUT2D eigenvalue weighted by atomic mass is 32.1. The topological polar surface area (TPSA) is 20.3 Å². The molecule has 2 rings (SSSR count). The van der Waals surface area contributed by atoms with Crippen LogP contribution in [0.1, 0.15) is 21.0 Å². The molecule has 2 heterocycles. The Hall–Kier alpha value is -0.670. The van der Waals surface area contributed by atoms with Crippen molar-refractivity contribution < 1.29 is 4.79 Å². The van der Waals surface area contributed by atoms with Gasteiger partial charge in [0, 0.05) is 4.88 Å². The summed E-state index contributed by atoms with van der Waals surface area (Å²) in [4.78, 5) is 15.9. The minimum Gasteiger partial charge on any atom is -0.296 e. The van der Waals surface area contributed by atoms with Crippen LogP contribution in [0, 0.1) is 6.92 Å². The molecule has 13 heavy (non-hydrogen) atoms. The van der Waals surface area contributed by atoms with Crippen LogP contribution in [-0.4, -0.2) is 30.3 Å². The van der Waals surface area contributed by atoms with Gasteiger partial charge in [0.25, 0.3) is 0 Å². The van der Waals surface area contributed by atoms with Gasteiger partial charge in [0.2, 0.25) is 0 Å². The Morgan fingerprint density at radius 3 is 2.77 bits per heavy atom. The quantitative estimate of drug-likeness (QED) is 0.687. The Morgan fingerprint density at radius 2 is 2.31 bits per heavy atom. The number of likely N-dealkylation sites (tertiary alicyclic amines) is 1. The fraction of sp³-hybridized carbons (Fsp3) is 0.500. The van der Waals surface area contributed by atoms with Crippen molar-refractivity contribution in [3.8, 4) is 0 Å². The van der Waals surface area contributed by atoms with Crippen molar-refractivity contribution in [3.63, 3.8) is 0 Å². The fourth-order valence-corrected chi connectivity index (χ4v) is 2.20. The molecule has 0 bridgehead atoms. The number of rotatable bonds is 3. The number of carbonyl (C=O) groups excluding carboxylic acids is 1. The van der Waals surface area contributed by atoms with Gasteiger partial charge >= 0.3 is 0 Å². The highest BCUT2D eigenvalue weighted by Gasteiger charge is 2.18. The number of thiophene rings is 1. The van der Waals surface area contributed by atoms with Gasteiger partial charge in [0.1, 0.15) is 0 Å². The molecule has 3 heteroatoms. The first-order valence-electron chi connectivity index (χ1n) is 4.58. The number of carbonyl (C=O) groups is 1. The highest BCUT2D eigenvalue weighted by molar-refractivity contribution is 7.14. The summed E-state index contributed by atoms with van der Waals surface area (Å²) in [7, 11) is 0. The zero-order valence-electron chi connectivity index (χ0n) is 7.75. The number of ketones is 1. The molecule has 0 unspecified atom stereocenters. The van der Waals surface area contributed by atoms with E-state index in [0.717, 1.165) is 18.0 Å². The van der Waals surface area contributed by atoms with Gasteiger partial charge in [-0.3, -0.25) is 9.69 Å². The summed E-state index contributed by atoms with van der Waals surface area (Å²) in [5.41, 5.74) is 0. The molecule has 1 aliphatic rings. The smallest absolute Gasteiger partial charge is 0.186 e. The summed E-state index contributed by atoms with van der Waals surface area (Å²) < 4.78 is 0. The Labute approximate surface area is 82.2 Å². The van der Waals surface area contributed by atoms with Crippen LogP contribution in [0.2, 0.25) is 0 Å².